The second-order valence-electron chi connectivity index (χ2n) is 5.06. The van der Waals surface area contributed by atoms with Gasteiger partial charge in [-0.1, -0.05) is 19.1 Å². The number of hydrogen-bond donors (Lipinski definition) is 2. The van der Waals surface area contributed by atoms with Crippen molar-refractivity contribution in [1.82, 2.24) is 4.90 Å². The average Bonchev–Trinajstić information content (AvgIpc) is 2.64. The first kappa shape index (κ1) is 13.4. The van der Waals surface area contributed by atoms with Gasteiger partial charge in [0, 0.05) is 18.3 Å². The van der Waals surface area contributed by atoms with Crippen molar-refractivity contribution < 1.29 is 5.11 Å². The van der Waals surface area contributed by atoms with Crippen molar-refractivity contribution in [2.24, 2.45) is 0 Å². The number of aliphatic hydroxyl groups is 1. The van der Waals surface area contributed by atoms with Crippen LogP contribution in [-0.2, 0) is 6.61 Å². The van der Waals surface area contributed by atoms with E-state index in [1.54, 1.807) is 0 Å². The largest absolute Gasteiger partial charge is 0.392 e. The van der Waals surface area contributed by atoms with Crippen LogP contribution in [0.25, 0.3) is 0 Å². The zero-order valence-corrected chi connectivity index (χ0v) is 11.2. The predicted octanol–water partition coefficient (Wildman–Crippen LogP) is 2.47. The fourth-order valence-corrected chi connectivity index (χ4v) is 2.61. The molecule has 1 heterocycles. The molecule has 1 atom stereocenters. The first-order valence-corrected chi connectivity index (χ1v) is 7.00. The quantitative estimate of drug-likeness (QED) is 0.859. The van der Waals surface area contributed by atoms with Gasteiger partial charge in [0.15, 0.2) is 0 Å². The molecule has 1 aromatic carbocycles. The van der Waals surface area contributed by atoms with Gasteiger partial charge in [0.05, 0.1) is 6.61 Å². The van der Waals surface area contributed by atoms with Crippen molar-refractivity contribution in [3.05, 3.63) is 29.8 Å². The van der Waals surface area contributed by atoms with Crippen LogP contribution in [0, 0.1) is 0 Å². The summed E-state index contributed by atoms with van der Waals surface area (Å²) in [7, 11) is 0. The molecule has 3 nitrogen and oxygen atoms in total. The number of rotatable bonds is 4. The molecule has 2 N–H and O–H groups in total. The van der Waals surface area contributed by atoms with E-state index in [9.17, 15) is 0 Å². The number of hydrogen-bond acceptors (Lipinski definition) is 3. The van der Waals surface area contributed by atoms with Crippen LogP contribution in [0.3, 0.4) is 0 Å². The second kappa shape index (κ2) is 6.76. The van der Waals surface area contributed by atoms with E-state index in [4.69, 9.17) is 5.11 Å². The van der Waals surface area contributed by atoms with E-state index in [1.807, 2.05) is 18.2 Å². The summed E-state index contributed by atoms with van der Waals surface area (Å²) in [5.41, 5.74) is 2.11. The molecular formula is C15H24N2O. The van der Waals surface area contributed by atoms with Crippen molar-refractivity contribution in [1.29, 1.82) is 0 Å². The SMILES string of the molecule is CCN1CCCC(Nc2cccc(CO)c2)CC1. The molecule has 1 aromatic rings. The second-order valence-corrected chi connectivity index (χ2v) is 5.06. The molecular weight excluding hydrogens is 224 g/mol. The number of benzene rings is 1. The number of anilines is 1. The van der Waals surface area contributed by atoms with E-state index >= 15 is 0 Å². The van der Waals surface area contributed by atoms with Gasteiger partial charge >= 0.3 is 0 Å². The summed E-state index contributed by atoms with van der Waals surface area (Å²) in [5.74, 6) is 0. The van der Waals surface area contributed by atoms with Crippen LogP contribution in [0.1, 0.15) is 31.7 Å². The first-order chi connectivity index (χ1) is 8.81. The van der Waals surface area contributed by atoms with Gasteiger partial charge in [0.1, 0.15) is 0 Å². The first-order valence-electron chi connectivity index (χ1n) is 7.00. The average molecular weight is 248 g/mol. The molecule has 0 aliphatic carbocycles. The van der Waals surface area contributed by atoms with Crippen LogP contribution in [0.15, 0.2) is 24.3 Å². The van der Waals surface area contributed by atoms with E-state index in [0.29, 0.717) is 6.04 Å². The third kappa shape index (κ3) is 3.72. The molecule has 1 unspecified atom stereocenters. The van der Waals surface area contributed by atoms with Gasteiger partial charge < -0.3 is 15.3 Å². The summed E-state index contributed by atoms with van der Waals surface area (Å²) < 4.78 is 0. The van der Waals surface area contributed by atoms with Crippen molar-refractivity contribution in [3.63, 3.8) is 0 Å². The Kier molecular flexibility index (Phi) is 5.02. The van der Waals surface area contributed by atoms with Gasteiger partial charge in [0.2, 0.25) is 0 Å². The summed E-state index contributed by atoms with van der Waals surface area (Å²) in [4.78, 5) is 2.52. The van der Waals surface area contributed by atoms with Crippen LogP contribution in [-0.4, -0.2) is 35.7 Å². The molecule has 18 heavy (non-hydrogen) atoms. The van der Waals surface area contributed by atoms with E-state index in [2.05, 4.69) is 23.2 Å². The third-order valence-electron chi connectivity index (χ3n) is 3.75. The standard InChI is InChI=1S/C15H24N2O/c1-2-17-9-4-7-14(8-10-17)16-15-6-3-5-13(11-15)12-18/h3,5-6,11,14,16,18H,2,4,7-10,12H2,1H3. The van der Waals surface area contributed by atoms with E-state index < -0.39 is 0 Å². The van der Waals surface area contributed by atoms with Crippen molar-refractivity contribution in [2.45, 2.75) is 38.8 Å². The summed E-state index contributed by atoms with van der Waals surface area (Å²) in [6.45, 7) is 5.92. The Morgan fingerprint density at radius 2 is 2.22 bits per heavy atom. The lowest BCUT2D eigenvalue weighted by atomic mass is 10.1. The molecule has 0 saturated carbocycles. The van der Waals surface area contributed by atoms with Gasteiger partial charge in [-0.05, 0) is 50.0 Å². The zero-order chi connectivity index (χ0) is 12.8. The molecule has 0 bridgehead atoms. The molecule has 0 amide bonds. The van der Waals surface area contributed by atoms with Gasteiger partial charge in [0.25, 0.3) is 0 Å². The molecule has 3 heteroatoms. The van der Waals surface area contributed by atoms with Crippen LogP contribution in [0.5, 0.6) is 0 Å². The van der Waals surface area contributed by atoms with Gasteiger partial charge in [-0.2, -0.15) is 0 Å². The minimum atomic E-state index is 0.115. The molecule has 1 aliphatic heterocycles. The zero-order valence-electron chi connectivity index (χ0n) is 11.2. The maximum absolute atomic E-state index is 9.15. The number of aliphatic hydroxyl groups excluding tert-OH is 1. The van der Waals surface area contributed by atoms with Gasteiger partial charge in [-0.15, -0.1) is 0 Å². The Labute approximate surface area is 110 Å². The van der Waals surface area contributed by atoms with Crippen LogP contribution >= 0.6 is 0 Å². The fraction of sp³-hybridized carbons (Fsp3) is 0.600. The molecule has 0 radical (unpaired) electrons. The Morgan fingerprint density at radius 3 is 3.00 bits per heavy atom. The minimum absolute atomic E-state index is 0.115. The highest BCUT2D eigenvalue weighted by atomic mass is 16.3. The smallest absolute Gasteiger partial charge is 0.0682 e. The topological polar surface area (TPSA) is 35.5 Å². The Morgan fingerprint density at radius 1 is 1.33 bits per heavy atom. The monoisotopic (exact) mass is 248 g/mol. The molecule has 0 aromatic heterocycles. The van der Waals surface area contributed by atoms with Crippen molar-refractivity contribution in [2.75, 3.05) is 25.0 Å². The highest BCUT2D eigenvalue weighted by Gasteiger charge is 2.15. The lowest BCUT2D eigenvalue weighted by Crippen LogP contribution is -2.26. The number of nitrogens with zero attached hydrogens (tertiary/aromatic N) is 1. The molecule has 1 saturated heterocycles. The van der Waals surface area contributed by atoms with E-state index in [-0.39, 0.29) is 6.61 Å². The lowest BCUT2D eigenvalue weighted by molar-refractivity contribution is 0.282. The molecule has 1 fully saturated rings. The van der Waals surface area contributed by atoms with E-state index in [0.717, 1.165) is 17.8 Å². The molecule has 1 aliphatic rings. The van der Waals surface area contributed by atoms with Gasteiger partial charge in [-0.25, -0.2) is 0 Å². The Bertz CT molecular complexity index is 367. The fourth-order valence-electron chi connectivity index (χ4n) is 2.61. The van der Waals surface area contributed by atoms with Crippen molar-refractivity contribution >= 4 is 5.69 Å². The Hall–Kier alpha value is -1.06. The maximum Gasteiger partial charge on any atom is 0.0682 e. The highest BCUT2D eigenvalue weighted by Crippen LogP contribution is 2.18. The van der Waals surface area contributed by atoms with Gasteiger partial charge in [-0.3, -0.25) is 0 Å². The van der Waals surface area contributed by atoms with E-state index in [1.165, 1.54) is 32.4 Å². The number of likely N-dealkylation sites (tertiary alicyclic amines) is 1. The van der Waals surface area contributed by atoms with Crippen LogP contribution < -0.4 is 5.32 Å². The third-order valence-corrected chi connectivity index (χ3v) is 3.75. The summed E-state index contributed by atoms with van der Waals surface area (Å²) in [6, 6.07) is 8.65. The maximum atomic E-state index is 9.15. The normalized spacial score (nSPS) is 21.6. The number of nitrogens with one attached hydrogen (secondary N) is 1. The van der Waals surface area contributed by atoms with Crippen LogP contribution in [0.4, 0.5) is 5.69 Å². The Balaban J connectivity index is 1.92. The predicted molar refractivity (Wildman–Crippen MR) is 75.7 cm³/mol. The molecule has 0 spiro atoms. The minimum Gasteiger partial charge on any atom is -0.392 e. The molecule has 2 rings (SSSR count). The highest BCUT2D eigenvalue weighted by molar-refractivity contribution is 5.46. The van der Waals surface area contributed by atoms with Crippen molar-refractivity contribution in [3.8, 4) is 0 Å². The summed E-state index contributed by atoms with van der Waals surface area (Å²) >= 11 is 0. The molecule has 100 valence electrons. The summed E-state index contributed by atoms with van der Waals surface area (Å²) in [6.07, 6.45) is 3.71. The lowest BCUT2D eigenvalue weighted by Gasteiger charge is -2.19. The van der Waals surface area contributed by atoms with Crippen LogP contribution in [0.2, 0.25) is 0 Å². The summed E-state index contributed by atoms with van der Waals surface area (Å²) in [5, 5.41) is 12.7.